The molecule has 0 aliphatic carbocycles. The van der Waals surface area contributed by atoms with Crippen LogP contribution in [0.3, 0.4) is 0 Å². The van der Waals surface area contributed by atoms with Crippen molar-refractivity contribution in [2.24, 2.45) is 5.92 Å². The van der Waals surface area contributed by atoms with Crippen LogP contribution in [-0.2, 0) is 14.8 Å². The zero-order valence-electron chi connectivity index (χ0n) is 17.1. The van der Waals surface area contributed by atoms with Gasteiger partial charge < -0.3 is 14.8 Å². The van der Waals surface area contributed by atoms with Crippen LogP contribution in [0.1, 0.15) is 24.2 Å². The molecule has 1 aromatic heterocycles. The lowest BCUT2D eigenvalue weighted by atomic mass is 9.97. The largest absolute Gasteiger partial charge is 0.486 e. The number of fused-ring (bicyclic) bond motifs is 1. The molecule has 1 fully saturated rings. The number of hydrogen-bond acceptors (Lipinski definition) is 6. The molecule has 1 atom stereocenters. The maximum absolute atomic E-state index is 12.9. The lowest BCUT2D eigenvalue weighted by molar-refractivity contribution is -0.126. The number of amides is 1. The van der Waals surface area contributed by atoms with Gasteiger partial charge in [-0.1, -0.05) is 12.1 Å². The summed E-state index contributed by atoms with van der Waals surface area (Å²) in [7, 11) is -3.62. The number of nitrogens with one attached hydrogen (secondary N) is 2. The molecule has 4 rings (SSSR count). The number of ether oxygens (including phenoxy) is 2. The average molecular weight is 435 g/mol. The number of benzene rings is 1. The van der Waals surface area contributed by atoms with Crippen molar-refractivity contribution in [3.05, 3.63) is 35.7 Å². The number of piperidine rings is 1. The zero-order chi connectivity index (χ0) is 21.3. The molecule has 0 bridgehead atoms. The van der Waals surface area contributed by atoms with Crippen LogP contribution < -0.4 is 14.8 Å². The van der Waals surface area contributed by atoms with Crippen molar-refractivity contribution in [3.8, 4) is 11.5 Å². The quantitative estimate of drug-likeness (QED) is 0.735. The number of rotatable bonds is 5. The van der Waals surface area contributed by atoms with Crippen molar-refractivity contribution in [3.63, 3.8) is 0 Å². The van der Waals surface area contributed by atoms with E-state index in [1.807, 2.05) is 24.3 Å². The molecule has 9 nitrogen and oxygen atoms in total. The smallest absolute Gasteiger partial charge is 0.246 e. The maximum Gasteiger partial charge on any atom is 0.246 e. The molecule has 0 spiro atoms. The number of aromatic nitrogens is 2. The summed E-state index contributed by atoms with van der Waals surface area (Å²) in [6.45, 7) is 4.70. The number of aryl methyl sites for hydroxylation is 2. The van der Waals surface area contributed by atoms with Crippen LogP contribution in [0.15, 0.2) is 29.2 Å². The van der Waals surface area contributed by atoms with E-state index in [-0.39, 0.29) is 22.8 Å². The Morgan fingerprint density at radius 3 is 2.60 bits per heavy atom. The highest BCUT2D eigenvalue weighted by molar-refractivity contribution is 7.89. The predicted molar refractivity (Wildman–Crippen MR) is 109 cm³/mol. The third-order valence-corrected chi connectivity index (χ3v) is 7.72. The van der Waals surface area contributed by atoms with E-state index in [0.29, 0.717) is 62.0 Å². The standard InChI is InChI=1S/C20H26N4O5S/c1-13-19(14(2)23-22-13)30(26,27)24-9-7-15(8-10-24)20(25)21-11-16-12-28-17-5-3-4-6-18(17)29-16/h3-6,15-16H,7-12H2,1-2H3,(H,21,25)(H,22,23). The fraction of sp³-hybridized carbons (Fsp3) is 0.500. The zero-order valence-corrected chi connectivity index (χ0v) is 17.9. The van der Waals surface area contributed by atoms with Gasteiger partial charge in [-0.15, -0.1) is 0 Å². The summed E-state index contributed by atoms with van der Waals surface area (Å²) in [4.78, 5) is 12.8. The molecule has 1 aromatic carbocycles. The normalized spacial score (nSPS) is 20.1. The molecule has 162 valence electrons. The number of sulfonamides is 1. The first kappa shape index (κ1) is 20.7. The van der Waals surface area contributed by atoms with Crippen LogP contribution in [0.25, 0.3) is 0 Å². The van der Waals surface area contributed by atoms with Crippen molar-refractivity contribution in [2.75, 3.05) is 26.2 Å². The van der Waals surface area contributed by atoms with E-state index in [4.69, 9.17) is 9.47 Å². The van der Waals surface area contributed by atoms with E-state index in [1.54, 1.807) is 13.8 Å². The molecule has 1 unspecified atom stereocenters. The molecule has 2 N–H and O–H groups in total. The first-order valence-electron chi connectivity index (χ1n) is 10.0. The third-order valence-electron chi connectivity index (χ3n) is 5.55. The Morgan fingerprint density at radius 1 is 1.23 bits per heavy atom. The van der Waals surface area contributed by atoms with Crippen LogP contribution in [0.2, 0.25) is 0 Å². The van der Waals surface area contributed by atoms with Gasteiger partial charge in [-0.25, -0.2) is 8.42 Å². The molecule has 3 heterocycles. The Hall–Kier alpha value is -2.59. The van der Waals surface area contributed by atoms with E-state index >= 15 is 0 Å². The number of hydrogen-bond donors (Lipinski definition) is 2. The number of H-pyrrole nitrogens is 1. The van der Waals surface area contributed by atoms with Gasteiger partial charge >= 0.3 is 0 Å². The number of carbonyl (C=O) groups is 1. The third kappa shape index (κ3) is 4.01. The monoisotopic (exact) mass is 434 g/mol. The highest BCUT2D eigenvalue weighted by atomic mass is 32.2. The van der Waals surface area contributed by atoms with Gasteiger partial charge in [-0.05, 0) is 38.8 Å². The fourth-order valence-corrected chi connectivity index (χ4v) is 5.73. The van der Waals surface area contributed by atoms with E-state index in [0.717, 1.165) is 0 Å². The number of carbonyl (C=O) groups excluding carboxylic acids is 1. The number of para-hydroxylation sites is 2. The Kier molecular flexibility index (Phi) is 5.70. The van der Waals surface area contributed by atoms with E-state index in [9.17, 15) is 13.2 Å². The minimum atomic E-state index is -3.62. The van der Waals surface area contributed by atoms with Gasteiger partial charge in [0, 0.05) is 19.0 Å². The van der Waals surface area contributed by atoms with Crippen molar-refractivity contribution >= 4 is 15.9 Å². The molecular weight excluding hydrogens is 408 g/mol. The SMILES string of the molecule is Cc1n[nH]c(C)c1S(=O)(=O)N1CCC(C(=O)NCC2COc3ccccc3O2)CC1. The van der Waals surface area contributed by atoms with Crippen LogP contribution >= 0.6 is 0 Å². The molecular formula is C20H26N4O5S. The second-order valence-electron chi connectivity index (χ2n) is 7.68. The second kappa shape index (κ2) is 8.27. The topological polar surface area (TPSA) is 114 Å². The molecule has 0 saturated carbocycles. The molecule has 30 heavy (non-hydrogen) atoms. The van der Waals surface area contributed by atoms with E-state index in [2.05, 4.69) is 15.5 Å². The van der Waals surface area contributed by atoms with Crippen LogP contribution in [-0.4, -0.2) is 61.2 Å². The minimum absolute atomic E-state index is 0.0785. The summed E-state index contributed by atoms with van der Waals surface area (Å²) in [5.74, 6) is 1.08. The van der Waals surface area contributed by atoms with Gasteiger partial charge in [0.25, 0.3) is 0 Å². The van der Waals surface area contributed by atoms with Gasteiger partial charge in [0.1, 0.15) is 17.6 Å². The predicted octanol–water partition coefficient (Wildman–Crippen LogP) is 1.38. The van der Waals surface area contributed by atoms with Gasteiger partial charge in [0.2, 0.25) is 15.9 Å². The minimum Gasteiger partial charge on any atom is -0.486 e. The molecule has 2 aromatic rings. The van der Waals surface area contributed by atoms with Gasteiger partial charge in [-0.2, -0.15) is 9.40 Å². The second-order valence-corrected chi connectivity index (χ2v) is 9.56. The summed E-state index contributed by atoms with van der Waals surface area (Å²) < 4.78 is 38.8. The molecule has 2 aliphatic rings. The lowest BCUT2D eigenvalue weighted by Crippen LogP contribution is -2.46. The first-order chi connectivity index (χ1) is 14.4. The maximum atomic E-state index is 12.9. The van der Waals surface area contributed by atoms with Crippen molar-refractivity contribution in [1.82, 2.24) is 19.8 Å². The molecule has 0 radical (unpaired) electrons. The van der Waals surface area contributed by atoms with Gasteiger partial charge in [0.05, 0.1) is 17.9 Å². The highest BCUT2D eigenvalue weighted by Gasteiger charge is 2.35. The first-order valence-corrected chi connectivity index (χ1v) is 11.5. The van der Waals surface area contributed by atoms with Crippen molar-refractivity contribution < 1.29 is 22.7 Å². The number of nitrogens with zero attached hydrogens (tertiary/aromatic N) is 2. The van der Waals surface area contributed by atoms with Gasteiger partial charge in [-0.3, -0.25) is 9.89 Å². The Morgan fingerprint density at radius 2 is 1.93 bits per heavy atom. The summed E-state index contributed by atoms with van der Waals surface area (Å²) >= 11 is 0. The molecule has 10 heteroatoms. The molecule has 1 amide bonds. The Bertz CT molecular complexity index is 1010. The summed E-state index contributed by atoms with van der Waals surface area (Å²) in [6.07, 6.45) is 0.703. The lowest BCUT2D eigenvalue weighted by Gasteiger charge is -2.31. The Balaban J connectivity index is 1.29. The average Bonchev–Trinajstić information content (AvgIpc) is 3.10. The van der Waals surface area contributed by atoms with Crippen molar-refractivity contribution in [2.45, 2.75) is 37.7 Å². The summed E-state index contributed by atoms with van der Waals surface area (Å²) in [5.41, 5.74) is 0.993. The fourth-order valence-electron chi connectivity index (χ4n) is 3.93. The highest BCUT2D eigenvalue weighted by Crippen LogP contribution is 2.31. The van der Waals surface area contributed by atoms with E-state index in [1.165, 1.54) is 4.31 Å². The molecule has 2 aliphatic heterocycles. The van der Waals surface area contributed by atoms with E-state index < -0.39 is 10.0 Å². The summed E-state index contributed by atoms with van der Waals surface area (Å²) in [5, 5.41) is 9.63. The van der Waals surface area contributed by atoms with Crippen LogP contribution in [0, 0.1) is 19.8 Å². The summed E-state index contributed by atoms with van der Waals surface area (Å²) in [6, 6.07) is 7.44. The van der Waals surface area contributed by atoms with Crippen LogP contribution in [0.4, 0.5) is 0 Å². The van der Waals surface area contributed by atoms with Crippen LogP contribution in [0.5, 0.6) is 11.5 Å². The van der Waals surface area contributed by atoms with Crippen molar-refractivity contribution in [1.29, 1.82) is 0 Å². The Labute approximate surface area is 175 Å². The van der Waals surface area contributed by atoms with Gasteiger partial charge in [0.15, 0.2) is 11.5 Å². The number of aromatic amines is 1. The molecule has 1 saturated heterocycles.